The van der Waals surface area contributed by atoms with Crippen LogP contribution in [0.3, 0.4) is 0 Å². The van der Waals surface area contributed by atoms with E-state index in [1.54, 1.807) is 0 Å². The standard InChI is InChI=1S/C16H34O5Si/c1-5-7-8-9-10-11-12-13-14-15-16-19-22(6-2,20-17-3)21-18-4/h6H,2,5,7-16H2,1,3-4H3. The zero-order valence-corrected chi connectivity index (χ0v) is 15.6. The summed E-state index contributed by atoms with van der Waals surface area (Å²) in [4.78, 5) is 9.32. The third kappa shape index (κ3) is 11.3. The lowest BCUT2D eigenvalue weighted by Crippen LogP contribution is -2.44. The summed E-state index contributed by atoms with van der Waals surface area (Å²) < 4.78 is 15.8. The van der Waals surface area contributed by atoms with Gasteiger partial charge in [0, 0.05) is 6.61 Å². The van der Waals surface area contributed by atoms with Crippen molar-refractivity contribution in [2.45, 2.75) is 71.1 Å². The molecule has 0 amide bonds. The molecule has 0 N–H and O–H groups in total. The van der Waals surface area contributed by atoms with Crippen molar-refractivity contribution in [3.8, 4) is 0 Å². The zero-order chi connectivity index (χ0) is 16.5. The minimum atomic E-state index is -3.04. The molecule has 0 saturated carbocycles. The van der Waals surface area contributed by atoms with E-state index in [9.17, 15) is 0 Å². The molecule has 22 heavy (non-hydrogen) atoms. The normalized spacial score (nSPS) is 11.8. The molecule has 0 heterocycles. The average molecular weight is 335 g/mol. The first-order valence-electron chi connectivity index (χ1n) is 8.45. The van der Waals surface area contributed by atoms with Crippen LogP contribution in [0.25, 0.3) is 0 Å². The van der Waals surface area contributed by atoms with E-state index < -0.39 is 8.80 Å². The first kappa shape index (κ1) is 21.8. The van der Waals surface area contributed by atoms with Crippen LogP contribution in [-0.4, -0.2) is 29.6 Å². The molecule has 0 aromatic rings. The topological polar surface area (TPSA) is 46.2 Å². The SMILES string of the molecule is C=C[Si](OCCCCCCCCCCCC)(OOC)OOC. The van der Waals surface area contributed by atoms with Crippen LogP contribution in [0.2, 0.25) is 0 Å². The highest BCUT2D eigenvalue weighted by Gasteiger charge is 2.41. The smallest absolute Gasteiger partial charge is 0.368 e. The lowest BCUT2D eigenvalue weighted by molar-refractivity contribution is -0.289. The Labute approximate surface area is 137 Å². The number of rotatable bonds is 17. The highest BCUT2D eigenvalue weighted by atomic mass is 28.4. The highest BCUT2D eigenvalue weighted by Crippen LogP contribution is 2.14. The average Bonchev–Trinajstić information content (AvgIpc) is 2.53. The van der Waals surface area contributed by atoms with Crippen LogP contribution >= 0.6 is 0 Å². The molecule has 0 aliphatic rings. The maximum atomic E-state index is 5.66. The van der Waals surface area contributed by atoms with Crippen molar-refractivity contribution in [3.05, 3.63) is 12.3 Å². The van der Waals surface area contributed by atoms with Crippen LogP contribution in [0.5, 0.6) is 0 Å². The maximum absolute atomic E-state index is 5.66. The summed E-state index contributed by atoms with van der Waals surface area (Å²) in [5, 5.41) is 0. The van der Waals surface area contributed by atoms with Gasteiger partial charge in [0.15, 0.2) is 0 Å². The fourth-order valence-electron chi connectivity index (χ4n) is 2.23. The second-order valence-electron chi connectivity index (χ2n) is 5.34. The molecular weight excluding hydrogens is 300 g/mol. The quantitative estimate of drug-likeness (QED) is 0.166. The van der Waals surface area contributed by atoms with Crippen LogP contribution in [0.15, 0.2) is 12.3 Å². The lowest BCUT2D eigenvalue weighted by Gasteiger charge is -2.22. The Hall–Kier alpha value is -0.243. The monoisotopic (exact) mass is 334 g/mol. The molecule has 0 aromatic carbocycles. The summed E-state index contributed by atoms with van der Waals surface area (Å²) in [6.45, 7) is 6.48. The summed E-state index contributed by atoms with van der Waals surface area (Å²) in [7, 11) is -0.222. The maximum Gasteiger partial charge on any atom is 0.584 e. The van der Waals surface area contributed by atoms with Gasteiger partial charge in [0.2, 0.25) is 0 Å². The van der Waals surface area contributed by atoms with Gasteiger partial charge < -0.3 is 4.43 Å². The predicted octanol–water partition coefficient (Wildman–Crippen LogP) is 4.74. The molecular formula is C16H34O5Si. The van der Waals surface area contributed by atoms with Crippen molar-refractivity contribution < 1.29 is 23.4 Å². The van der Waals surface area contributed by atoms with E-state index in [0.29, 0.717) is 6.61 Å². The Morgan fingerprint density at radius 1 is 0.773 bits per heavy atom. The molecule has 0 atom stereocenters. The molecule has 132 valence electrons. The molecule has 0 unspecified atom stereocenters. The Kier molecular flexibility index (Phi) is 15.5. The summed E-state index contributed by atoms with van der Waals surface area (Å²) in [6.07, 6.45) is 12.8. The molecule has 5 nitrogen and oxygen atoms in total. The fraction of sp³-hybridized carbons (Fsp3) is 0.875. The largest absolute Gasteiger partial charge is 0.584 e. The van der Waals surface area contributed by atoms with E-state index in [4.69, 9.17) is 13.6 Å². The van der Waals surface area contributed by atoms with Gasteiger partial charge in [-0.1, -0.05) is 71.3 Å². The summed E-state index contributed by atoms with van der Waals surface area (Å²) in [6, 6.07) is 0. The van der Waals surface area contributed by atoms with Gasteiger partial charge in [-0.25, -0.2) is 18.9 Å². The van der Waals surface area contributed by atoms with Crippen LogP contribution in [0.4, 0.5) is 0 Å². The molecule has 0 bridgehead atoms. The van der Waals surface area contributed by atoms with Gasteiger partial charge in [-0.3, -0.25) is 0 Å². The molecule has 0 saturated heterocycles. The summed E-state index contributed by atoms with van der Waals surface area (Å²) in [5.41, 5.74) is 1.50. The fourth-order valence-corrected chi connectivity index (χ4v) is 3.50. The highest BCUT2D eigenvalue weighted by molar-refractivity contribution is 6.65. The first-order chi connectivity index (χ1) is 10.7. The van der Waals surface area contributed by atoms with Crippen LogP contribution in [0, 0.1) is 0 Å². The zero-order valence-electron chi connectivity index (χ0n) is 14.6. The van der Waals surface area contributed by atoms with Crippen molar-refractivity contribution in [1.82, 2.24) is 0 Å². The van der Waals surface area contributed by atoms with Gasteiger partial charge in [0.05, 0.1) is 14.2 Å². The molecule has 6 heteroatoms. The number of hydrogen-bond donors (Lipinski definition) is 0. The minimum absolute atomic E-state index is 0.557. The van der Waals surface area contributed by atoms with Crippen LogP contribution in [0.1, 0.15) is 71.1 Å². The van der Waals surface area contributed by atoms with Gasteiger partial charge >= 0.3 is 8.80 Å². The van der Waals surface area contributed by atoms with Gasteiger partial charge in [-0.05, 0) is 12.1 Å². The predicted molar refractivity (Wildman–Crippen MR) is 89.9 cm³/mol. The lowest BCUT2D eigenvalue weighted by atomic mass is 10.1. The number of unbranched alkanes of at least 4 members (excludes halogenated alkanes) is 9. The van der Waals surface area contributed by atoms with E-state index in [-0.39, 0.29) is 0 Å². The van der Waals surface area contributed by atoms with E-state index in [2.05, 4.69) is 23.3 Å². The molecule has 0 radical (unpaired) electrons. The molecule has 0 aliphatic carbocycles. The summed E-state index contributed by atoms with van der Waals surface area (Å²) >= 11 is 0. The first-order valence-corrected chi connectivity index (χ1v) is 10.3. The Morgan fingerprint density at radius 2 is 1.23 bits per heavy atom. The molecule has 0 aromatic heterocycles. The van der Waals surface area contributed by atoms with E-state index in [1.807, 2.05) is 0 Å². The van der Waals surface area contributed by atoms with Crippen molar-refractivity contribution in [2.75, 3.05) is 20.8 Å². The Bertz CT molecular complexity index is 245. The van der Waals surface area contributed by atoms with Crippen molar-refractivity contribution in [1.29, 1.82) is 0 Å². The second-order valence-corrected chi connectivity index (χ2v) is 7.58. The van der Waals surface area contributed by atoms with Crippen molar-refractivity contribution >= 4 is 8.80 Å². The Morgan fingerprint density at radius 3 is 1.64 bits per heavy atom. The van der Waals surface area contributed by atoms with Crippen LogP contribution in [-0.2, 0) is 23.4 Å². The third-order valence-electron chi connectivity index (χ3n) is 3.45. The van der Waals surface area contributed by atoms with Gasteiger partial charge in [0.25, 0.3) is 0 Å². The van der Waals surface area contributed by atoms with Crippen molar-refractivity contribution in [3.63, 3.8) is 0 Å². The molecule has 0 rings (SSSR count). The van der Waals surface area contributed by atoms with Gasteiger partial charge in [0.1, 0.15) is 0 Å². The summed E-state index contributed by atoms with van der Waals surface area (Å²) in [5.74, 6) is 0. The Balaban J connectivity index is 3.55. The van der Waals surface area contributed by atoms with Crippen molar-refractivity contribution in [2.24, 2.45) is 0 Å². The van der Waals surface area contributed by atoms with Crippen LogP contribution < -0.4 is 0 Å². The third-order valence-corrected chi connectivity index (χ3v) is 5.35. The molecule has 0 fully saturated rings. The molecule has 0 aliphatic heterocycles. The van der Waals surface area contributed by atoms with Gasteiger partial charge in [-0.15, -0.1) is 0 Å². The van der Waals surface area contributed by atoms with Gasteiger partial charge in [-0.2, -0.15) is 0 Å². The van der Waals surface area contributed by atoms with E-state index >= 15 is 0 Å². The minimum Gasteiger partial charge on any atom is -0.368 e. The van der Waals surface area contributed by atoms with E-state index in [1.165, 1.54) is 71.3 Å². The van der Waals surface area contributed by atoms with E-state index in [0.717, 1.165) is 12.8 Å². The molecule has 0 spiro atoms. The number of hydrogen-bond acceptors (Lipinski definition) is 5. The second kappa shape index (κ2) is 15.6.